The monoisotopic (exact) mass is 403 g/mol. The lowest BCUT2D eigenvalue weighted by molar-refractivity contribution is -0.128. The molecule has 2 atom stereocenters. The van der Waals surface area contributed by atoms with E-state index < -0.39 is 12.1 Å². The van der Waals surface area contributed by atoms with Crippen LogP contribution in [0.3, 0.4) is 0 Å². The molecule has 6 heteroatoms. The molecule has 3 aromatic rings. The highest BCUT2D eigenvalue weighted by molar-refractivity contribution is 5.98. The maximum atomic E-state index is 12.5. The van der Waals surface area contributed by atoms with Crippen molar-refractivity contribution in [3.63, 3.8) is 0 Å². The van der Waals surface area contributed by atoms with Crippen molar-refractivity contribution in [1.29, 1.82) is 0 Å². The van der Waals surface area contributed by atoms with Gasteiger partial charge in [0.05, 0.1) is 5.52 Å². The predicted molar refractivity (Wildman–Crippen MR) is 118 cm³/mol. The van der Waals surface area contributed by atoms with Crippen LogP contribution in [0.25, 0.3) is 27.7 Å². The van der Waals surface area contributed by atoms with Gasteiger partial charge in [-0.25, -0.2) is 0 Å². The highest BCUT2D eigenvalue weighted by atomic mass is 16.3. The Bertz CT molecular complexity index is 1120. The van der Waals surface area contributed by atoms with Crippen LogP contribution in [0, 0.1) is 0 Å². The van der Waals surface area contributed by atoms with E-state index in [4.69, 9.17) is 0 Å². The summed E-state index contributed by atoms with van der Waals surface area (Å²) in [6, 6.07) is 15.2. The number of fused-ring (bicyclic) bond motifs is 1. The van der Waals surface area contributed by atoms with Gasteiger partial charge in [0.25, 0.3) is 0 Å². The quantitative estimate of drug-likeness (QED) is 0.510. The molecule has 1 aliphatic heterocycles. The lowest BCUT2D eigenvalue weighted by atomic mass is 9.99. The van der Waals surface area contributed by atoms with Gasteiger partial charge in [-0.3, -0.25) is 9.59 Å². The molecule has 154 valence electrons. The molecule has 1 aliphatic rings. The van der Waals surface area contributed by atoms with Crippen LogP contribution in [0.2, 0.25) is 0 Å². The number of aliphatic hydroxyl groups excluding tert-OH is 1. The van der Waals surface area contributed by atoms with E-state index in [1.165, 1.54) is 0 Å². The lowest BCUT2D eigenvalue weighted by Gasteiger charge is -2.13. The number of rotatable bonds is 6. The Hall–Kier alpha value is -3.38. The van der Waals surface area contributed by atoms with E-state index in [-0.39, 0.29) is 24.8 Å². The van der Waals surface area contributed by atoms with E-state index in [1.807, 2.05) is 55.5 Å². The number of para-hydroxylation sites is 1. The van der Waals surface area contributed by atoms with Gasteiger partial charge in [0.15, 0.2) is 0 Å². The van der Waals surface area contributed by atoms with Gasteiger partial charge in [0.2, 0.25) is 11.8 Å². The van der Waals surface area contributed by atoms with Gasteiger partial charge < -0.3 is 20.7 Å². The number of hydrogen-bond acceptors (Lipinski definition) is 3. The highest BCUT2D eigenvalue weighted by Crippen LogP contribution is 2.34. The second-order valence-electron chi connectivity index (χ2n) is 7.71. The van der Waals surface area contributed by atoms with Crippen LogP contribution in [0.15, 0.2) is 55.1 Å². The number of benzene rings is 2. The molecule has 0 radical (unpaired) electrons. The zero-order chi connectivity index (χ0) is 21.3. The Morgan fingerprint density at radius 1 is 1.20 bits per heavy atom. The molecule has 0 saturated carbocycles. The SMILES string of the molecule is C=C(C)c1cccc2c(CCC(=O)N[C@@H]3C(=O)NC[C@H]3O)c(-c3ccccc3)[nH]c12. The first-order chi connectivity index (χ1) is 14.5. The van der Waals surface area contributed by atoms with E-state index >= 15 is 0 Å². The molecule has 0 unspecified atom stereocenters. The third kappa shape index (κ3) is 3.74. The molecule has 1 aromatic heterocycles. The fraction of sp³-hybridized carbons (Fsp3) is 0.250. The third-order valence-electron chi connectivity index (χ3n) is 5.53. The number of nitrogens with one attached hydrogen (secondary N) is 3. The number of β-amino-alcohol motifs (C(OH)–C–C–N with tert-alkyl or cyclic N) is 1. The third-order valence-corrected chi connectivity index (χ3v) is 5.53. The van der Waals surface area contributed by atoms with E-state index in [9.17, 15) is 14.7 Å². The Labute approximate surface area is 175 Å². The average molecular weight is 403 g/mol. The maximum Gasteiger partial charge on any atom is 0.245 e. The van der Waals surface area contributed by atoms with Crippen molar-refractivity contribution >= 4 is 28.3 Å². The van der Waals surface area contributed by atoms with Crippen molar-refractivity contribution in [2.45, 2.75) is 31.9 Å². The van der Waals surface area contributed by atoms with Crippen LogP contribution in [0.4, 0.5) is 0 Å². The summed E-state index contributed by atoms with van der Waals surface area (Å²) in [6.45, 7) is 6.22. The molecule has 2 aromatic carbocycles. The number of aromatic amines is 1. The molecule has 2 heterocycles. The molecule has 1 fully saturated rings. The van der Waals surface area contributed by atoms with E-state index in [1.54, 1.807) is 0 Å². The number of allylic oxidation sites excluding steroid dienone is 1. The Morgan fingerprint density at radius 2 is 1.97 bits per heavy atom. The topological polar surface area (TPSA) is 94.2 Å². The lowest BCUT2D eigenvalue weighted by Crippen LogP contribution is -2.45. The average Bonchev–Trinajstić information content (AvgIpc) is 3.27. The van der Waals surface area contributed by atoms with Gasteiger partial charge in [-0.05, 0) is 30.0 Å². The summed E-state index contributed by atoms with van der Waals surface area (Å²) in [4.78, 5) is 27.8. The molecule has 1 saturated heterocycles. The second kappa shape index (κ2) is 8.16. The van der Waals surface area contributed by atoms with Gasteiger partial charge in [-0.2, -0.15) is 0 Å². The molecule has 4 N–H and O–H groups in total. The summed E-state index contributed by atoms with van der Waals surface area (Å²) in [7, 11) is 0. The second-order valence-corrected chi connectivity index (χ2v) is 7.71. The number of H-pyrrole nitrogens is 1. The Morgan fingerprint density at radius 3 is 2.63 bits per heavy atom. The van der Waals surface area contributed by atoms with Gasteiger partial charge in [-0.15, -0.1) is 0 Å². The summed E-state index contributed by atoms with van der Waals surface area (Å²) >= 11 is 0. The molecule has 30 heavy (non-hydrogen) atoms. The van der Waals surface area contributed by atoms with Crippen LogP contribution in [0.5, 0.6) is 0 Å². The van der Waals surface area contributed by atoms with E-state index in [2.05, 4.69) is 22.2 Å². The molecule has 0 aliphatic carbocycles. The number of carbonyl (C=O) groups is 2. The summed E-state index contributed by atoms with van der Waals surface area (Å²) in [6.07, 6.45) is -0.187. The molecule has 6 nitrogen and oxygen atoms in total. The largest absolute Gasteiger partial charge is 0.389 e. The number of aromatic nitrogens is 1. The molecule has 4 rings (SSSR count). The summed E-state index contributed by atoms with van der Waals surface area (Å²) in [5, 5.41) is 16.1. The first-order valence-electron chi connectivity index (χ1n) is 10.1. The molecule has 0 spiro atoms. The first kappa shape index (κ1) is 19.9. The number of carbonyl (C=O) groups excluding carboxylic acids is 2. The van der Waals surface area contributed by atoms with Crippen LogP contribution >= 0.6 is 0 Å². The van der Waals surface area contributed by atoms with Gasteiger partial charge in [0, 0.05) is 29.6 Å². The standard InChI is InChI=1S/C24H25N3O3/c1-14(2)16-9-6-10-17-18(21(27-22(16)17)15-7-4-3-5-8-15)11-12-20(29)26-23-19(28)13-25-24(23)30/h3-10,19,23,27-28H,1,11-13H2,2H3,(H,25,30)(H,26,29)/t19-,23+/m1/s1. The van der Waals surface area contributed by atoms with E-state index in [0.29, 0.717) is 6.42 Å². The van der Waals surface area contributed by atoms with Crippen molar-refractivity contribution in [2.75, 3.05) is 6.54 Å². The fourth-order valence-electron chi connectivity index (χ4n) is 3.99. The van der Waals surface area contributed by atoms with Crippen LogP contribution in [0.1, 0.15) is 24.5 Å². The summed E-state index contributed by atoms with van der Waals surface area (Å²) in [5.74, 6) is -0.612. The smallest absolute Gasteiger partial charge is 0.245 e. The molecule has 2 amide bonds. The Balaban J connectivity index is 1.65. The van der Waals surface area contributed by atoms with Gasteiger partial charge in [-0.1, -0.05) is 55.1 Å². The van der Waals surface area contributed by atoms with Gasteiger partial charge in [0.1, 0.15) is 12.1 Å². The van der Waals surface area contributed by atoms with Crippen LogP contribution in [-0.2, 0) is 16.0 Å². The summed E-state index contributed by atoms with van der Waals surface area (Å²) < 4.78 is 0. The van der Waals surface area contributed by atoms with Crippen molar-refractivity contribution < 1.29 is 14.7 Å². The zero-order valence-electron chi connectivity index (χ0n) is 16.9. The molecular weight excluding hydrogens is 378 g/mol. The number of hydrogen-bond donors (Lipinski definition) is 4. The van der Waals surface area contributed by atoms with Crippen molar-refractivity contribution in [3.8, 4) is 11.3 Å². The number of amides is 2. The minimum atomic E-state index is -0.896. The number of aryl methyl sites for hydroxylation is 1. The van der Waals surface area contributed by atoms with Gasteiger partial charge >= 0.3 is 0 Å². The highest BCUT2D eigenvalue weighted by Gasteiger charge is 2.34. The van der Waals surface area contributed by atoms with Crippen molar-refractivity contribution in [2.24, 2.45) is 0 Å². The van der Waals surface area contributed by atoms with Crippen LogP contribution < -0.4 is 10.6 Å². The van der Waals surface area contributed by atoms with Crippen molar-refractivity contribution in [3.05, 3.63) is 66.2 Å². The predicted octanol–water partition coefficient (Wildman–Crippen LogP) is 2.78. The number of aliphatic hydroxyl groups is 1. The molecular formula is C24H25N3O3. The van der Waals surface area contributed by atoms with E-state index in [0.717, 1.165) is 38.9 Å². The normalized spacial score (nSPS) is 18.4. The Kier molecular flexibility index (Phi) is 5.42. The van der Waals surface area contributed by atoms with Crippen LogP contribution in [-0.4, -0.2) is 40.6 Å². The first-order valence-corrected chi connectivity index (χ1v) is 10.1. The maximum absolute atomic E-state index is 12.5. The van der Waals surface area contributed by atoms with Crippen molar-refractivity contribution in [1.82, 2.24) is 15.6 Å². The minimum absolute atomic E-state index is 0.161. The summed E-state index contributed by atoms with van der Waals surface area (Å²) in [5.41, 5.74) is 6.09. The molecule has 0 bridgehead atoms. The minimum Gasteiger partial charge on any atom is -0.389 e. The fourth-order valence-corrected chi connectivity index (χ4v) is 3.99. The zero-order valence-corrected chi connectivity index (χ0v) is 16.9.